The molecule has 0 radical (unpaired) electrons. The first-order valence-electron chi connectivity index (χ1n) is 8.20. The number of aryl methyl sites for hydroxylation is 1. The highest BCUT2D eigenvalue weighted by Gasteiger charge is 2.66. The molecule has 0 spiro atoms. The zero-order valence-corrected chi connectivity index (χ0v) is 13.9. The van der Waals surface area contributed by atoms with Crippen molar-refractivity contribution in [1.29, 1.82) is 0 Å². The van der Waals surface area contributed by atoms with Gasteiger partial charge in [0.1, 0.15) is 0 Å². The van der Waals surface area contributed by atoms with Gasteiger partial charge in [0.2, 0.25) is 0 Å². The second-order valence-corrected chi connectivity index (χ2v) is 8.79. The van der Waals surface area contributed by atoms with Crippen LogP contribution in [0.1, 0.15) is 49.1 Å². The normalized spacial score (nSPS) is 39.0. The molecule has 0 aromatic carbocycles. The van der Waals surface area contributed by atoms with Crippen molar-refractivity contribution in [2.75, 3.05) is 6.54 Å². The van der Waals surface area contributed by atoms with Gasteiger partial charge in [0.05, 0.1) is 4.34 Å². The first-order valence-corrected chi connectivity index (χ1v) is 9.39. The number of fused-ring (bicyclic) bond motifs is 5. The Hall–Kier alpha value is -0.0500. The Morgan fingerprint density at radius 2 is 2.05 bits per heavy atom. The van der Waals surface area contributed by atoms with Crippen molar-refractivity contribution < 1.29 is 0 Å². The van der Waals surface area contributed by atoms with Gasteiger partial charge in [0.15, 0.2) is 0 Å². The minimum Gasteiger partial charge on any atom is -0.309 e. The van der Waals surface area contributed by atoms with Gasteiger partial charge in [-0.15, -0.1) is 11.3 Å². The Labute approximate surface area is 131 Å². The van der Waals surface area contributed by atoms with E-state index in [-0.39, 0.29) is 0 Å². The lowest BCUT2D eigenvalue weighted by Gasteiger charge is -2.21. The molecular formula is C17H24ClNS. The molecular weight excluding hydrogens is 286 g/mol. The summed E-state index contributed by atoms with van der Waals surface area (Å²) in [5.74, 6) is 5.07. The zero-order valence-electron chi connectivity index (χ0n) is 12.4. The maximum absolute atomic E-state index is 6.31. The minimum absolute atomic E-state index is 0.574. The Balaban J connectivity index is 1.57. The molecule has 2 bridgehead atoms. The summed E-state index contributed by atoms with van der Waals surface area (Å²) in [7, 11) is 0. The first-order chi connectivity index (χ1) is 9.70. The van der Waals surface area contributed by atoms with Crippen LogP contribution in [0.5, 0.6) is 0 Å². The number of hydrogen-bond acceptors (Lipinski definition) is 2. The molecule has 1 nitrogen and oxygen atoms in total. The third-order valence-corrected chi connectivity index (χ3v) is 7.62. The Kier molecular flexibility index (Phi) is 3.40. The van der Waals surface area contributed by atoms with Crippen LogP contribution >= 0.6 is 22.9 Å². The van der Waals surface area contributed by atoms with Gasteiger partial charge in [-0.05, 0) is 80.4 Å². The van der Waals surface area contributed by atoms with Crippen LogP contribution < -0.4 is 5.32 Å². The average molecular weight is 310 g/mol. The highest BCUT2D eigenvalue weighted by molar-refractivity contribution is 7.16. The van der Waals surface area contributed by atoms with E-state index < -0.39 is 0 Å². The maximum atomic E-state index is 6.31. The molecule has 3 aliphatic carbocycles. The first kappa shape index (κ1) is 13.6. The van der Waals surface area contributed by atoms with E-state index in [0.29, 0.717) is 6.04 Å². The van der Waals surface area contributed by atoms with Crippen LogP contribution in [0.4, 0.5) is 0 Å². The molecule has 0 aliphatic heterocycles. The lowest BCUT2D eigenvalue weighted by atomic mass is 9.96. The summed E-state index contributed by atoms with van der Waals surface area (Å²) in [6.07, 6.45) is 5.76. The van der Waals surface area contributed by atoms with E-state index in [2.05, 4.69) is 25.2 Å². The quantitative estimate of drug-likeness (QED) is 0.803. The number of halogens is 1. The fourth-order valence-corrected chi connectivity index (χ4v) is 6.55. The van der Waals surface area contributed by atoms with Crippen LogP contribution in [0, 0.1) is 36.5 Å². The van der Waals surface area contributed by atoms with Gasteiger partial charge in [0, 0.05) is 10.9 Å². The molecule has 1 aromatic rings. The van der Waals surface area contributed by atoms with Crippen LogP contribution in [0.15, 0.2) is 6.07 Å². The minimum atomic E-state index is 0.574. The van der Waals surface area contributed by atoms with Gasteiger partial charge < -0.3 is 5.32 Å². The monoisotopic (exact) mass is 309 g/mol. The highest BCUT2D eigenvalue weighted by Crippen LogP contribution is 2.72. The summed E-state index contributed by atoms with van der Waals surface area (Å²) in [4.78, 5) is 1.49. The van der Waals surface area contributed by atoms with E-state index in [1.54, 1.807) is 11.3 Å². The van der Waals surface area contributed by atoms with E-state index in [9.17, 15) is 0 Å². The van der Waals surface area contributed by atoms with Crippen LogP contribution in [0.25, 0.3) is 0 Å². The zero-order chi connectivity index (χ0) is 13.9. The van der Waals surface area contributed by atoms with Crippen molar-refractivity contribution in [3.63, 3.8) is 0 Å². The fourth-order valence-electron chi connectivity index (χ4n) is 5.20. The van der Waals surface area contributed by atoms with Crippen molar-refractivity contribution in [2.45, 2.75) is 45.6 Å². The Morgan fingerprint density at radius 3 is 2.60 bits per heavy atom. The maximum Gasteiger partial charge on any atom is 0.0960 e. The van der Waals surface area contributed by atoms with E-state index in [1.807, 2.05) is 0 Å². The SMILES string of the molecule is CCCNC(c1cc(C)c(Cl)s1)C1C2C3CCC(C3)C21. The van der Waals surface area contributed by atoms with Gasteiger partial charge in [-0.25, -0.2) is 0 Å². The second-order valence-electron chi connectivity index (χ2n) is 7.10. The molecule has 1 N–H and O–H groups in total. The number of nitrogens with one attached hydrogen (secondary N) is 1. The smallest absolute Gasteiger partial charge is 0.0960 e. The molecule has 5 unspecified atom stereocenters. The van der Waals surface area contributed by atoms with E-state index in [0.717, 1.165) is 40.5 Å². The van der Waals surface area contributed by atoms with E-state index >= 15 is 0 Å². The molecule has 0 saturated heterocycles. The van der Waals surface area contributed by atoms with Gasteiger partial charge in [-0.2, -0.15) is 0 Å². The van der Waals surface area contributed by atoms with E-state index in [4.69, 9.17) is 11.6 Å². The summed E-state index contributed by atoms with van der Waals surface area (Å²) in [5, 5.41) is 3.84. The lowest BCUT2D eigenvalue weighted by molar-refractivity contribution is 0.373. The average Bonchev–Trinajstić information content (AvgIpc) is 2.74. The predicted octanol–water partition coefficient (Wildman–Crippen LogP) is 5.04. The summed E-state index contributed by atoms with van der Waals surface area (Å²) in [6, 6.07) is 2.90. The fraction of sp³-hybridized carbons (Fsp3) is 0.765. The highest BCUT2D eigenvalue weighted by atomic mass is 35.5. The molecule has 1 heterocycles. The van der Waals surface area contributed by atoms with Crippen molar-refractivity contribution in [3.8, 4) is 0 Å². The Bertz CT molecular complexity index is 476. The van der Waals surface area contributed by atoms with Crippen molar-refractivity contribution >= 4 is 22.9 Å². The van der Waals surface area contributed by atoms with Crippen LogP contribution in [0.3, 0.4) is 0 Å². The van der Waals surface area contributed by atoms with Crippen molar-refractivity contribution in [1.82, 2.24) is 5.32 Å². The van der Waals surface area contributed by atoms with Gasteiger partial charge >= 0.3 is 0 Å². The second kappa shape index (κ2) is 5.00. The third-order valence-electron chi connectivity index (χ3n) is 5.98. The number of thiophene rings is 1. The predicted molar refractivity (Wildman–Crippen MR) is 86.4 cm³/mol. The molecule has 110 valence electrons. The summed E-state index contributed by atoms with van der Waals surface area (Å²) in [5.41, 5.74) is 1.25. The van der Waals surface area contributed by atoms with Crippen molar-refractivity contribution in [2.24, 2.45) is 29.6 Å². The van der Waals surface area contributed by atoms with E-state index in [1.165, 1.54) is 36.1 Å². The van der Waals surface area contributed by atoms with Gasteiger partial charge in [0.25, 0.3) is 0 Å². The summed E-state index contributed by atoms with van der Waals surface area (Å²) >= 11 is 8.12. The summed E-state index contributed by atoms with van der Waals surface area (Å²) in [6.45, 7) is 5.52. The molecule has 20 heavy (non-hydrogen) atoms. The van der Waals surface area contributed by atoms with Crippen LogP contribution in [-0.2, 0) is 0 Å². The molecule has 3 aliphatic rings. The molecule has 3 fully saturated rings. The molecule has 1 aromatic heterocycles. The van der Waals surface area contributed by atoms with Gasteiger partial charge in [-0.1, -0.05) is 18.5 Å². The van der Waals surface area contributed by atoms with Crippen LogP contribution in [-0.4, -0.2) is 6.54 Å². The Morgan fingerprint density at radius 1 is 1.35 bits per heavy atom. The van der Waals surface area contributed by atoms with Crippen molar-refractivity contribution in [3.05, 3.63) is 20.8 Å². The molecule has 5 atom stereocenters. The molecule has 4 rings (SSSR count). The topological polar surface area (TPSA) is 12.0 Å². The van der Waals surface area contributed by atoms with Crippen LogP contribution in [0.2, 0.25) is 4.34 Å². The third kappa shape index (κ3) is 1.99. The summed E-state index contributed by atoms with van der Waals surface area (Å²) < 4.78 is 0.983. The molecule has 3 heteroatoms. The standard InChI is InChI=1S/C17H24ClNS/c1-3-6-19-16(12-7-9(2)17(18)20-12)15-13-10-4-5-11(8-10)14(13)15/h7,10-11,13-16,19H,3-6,8H2,1-2H3. The van der Waals surface area contributed by atoms with Gasteiger partial charge in [-0.3, -0.25) is 0 Å². The number of hydrogen-bond donors (Lipinski definition) is 1. The molecule has 3 saturated carbocycles. The largest absolute Gasteiger partial charge is 0.309 e. The molecule has 0 amide bonds. The number of rotatable bonds is 5. The lowest BCUT2D eigenvalue weighted by Crippen LogP contribution is -2.25.